The van der Waals surface area contributed by atoms with E-state index in [1.807, 2.05) is 30.3 Å². The first-order chi connectivity index (χ1) is 14.0. The normalized spacial score (nSPS) is 23.2. The van der Waals surface area contributed by atoms with Crippen molar-refractivity contribution in [3.05, 3.63) is 36.2 Å². The molecular formula is C21H25FN4O3. The number of piperidine rings is 2. The van der Waals surface area contributed by atoms with Crippen LogP contribution in [0.2, 0.25) is 0 Å². The number of carbonyl (C=O) groups is 2. The van der Waals surface area contributed by atoms with Crippen LogP contribution in [-0.2, 0) is 15.3 Å². The summed E-state index contributed by atoms with van der Waals surface area (Å²) in [5, 5.41) is 3.92. The lowest BCUT2D eigenvalue weighted by Gasteiger charge is -2.38. The van der Waals surface area contributed by atoms with Crippen LogP contribution in [-0.4, -0.2) is 57.9 Å². The monoisotopic (exact) mass is 400 g/mol. The lowest BCUT2D eigenvalue weighted by Crippen LogP contribution is -2.50. The van der Waals surface area contributed by atoms with Gasteiger partial charge in [-0.05, 0) is 25.7 Å². The van der Waals surface area contributed by atoms with Crippen LogP contribution in [0.5, 0.6) is 0 Å². The minimum absolute atomic E-state index is 0.0299. The van der Waals surface area contributed by atoms with Gasteiger partial charge in [0.1, 0.15) is 0 Å². The van der Waals surface area contributed by atoms with E-state index in [9.17, 15) is 9.59 Å². The van der Waals surface area contributed by atoms with E-state index >= 15 is 4.39 Å². The predicted octanol–water partition coefficient (Wildman–Crippen LogP) is 2.78. The van der Waals surface area contributed by atoms with Crippen molar-refractivity contribution in [2.45, 2.75) is 38.3 Å². The maximum atomic E-state index is 15.7. The summed E-state index contributed by atoms with van der Waals surface area (Å²) in [6.07, 6.45) is 2.02. The van der Waals surface area contributed by atoms with E-state index in [-0.39, 0.29) is 36.6 Å². The largest absolute Gasteiger partial charge is 0.343 e. The molecule has 0 radical (unpaired) electrons. The number of amides is 2. The molecule has 8 heteroatoms. The number of benzene rings is 1. The Labute approximate surface area is 168 Å². The molecule has 0 N–H and O–H groups in total. The van der Waals surface area contributed by atoms with Crippen molar-refractivity contribution in [3.8, 4) is 11.4 Å². The van der Waals surface area contributed by atoms with Gasteiger partial charge in [-0.15, -0.1) is 0 Å². The van der Waals surface area contributed by atoms with Crippen LogP contribution in [0.25, 0.3) is 11.4 Å². The van der Waals surface area contributed by atoms with E-state index in [1.165, 1.54) is 0 Å². The Kier molecular flexibility index (Phi) is 5.34. The third kappa shape index (κ3) is 4.02. The second kappa shape index (κ2) is 7.93. The number of carbonyl (C=O) groups excluding carboxylic acids is 2. The Morgan fingerprint density at radius 2 is 1.86 bits per heavy atom. The van der Waals surface area contributed by atoms with Gasteiger partial charge in [0, 0.05) is 38.0 Å². The Balaban J connectivity index is 1.44. The smallest absolute Gasteiger partial charge is 0.266 e. The van der Waals surface area contributed by atoms with Crippen LogP contribution in [0.1, 0.15) is 38.5 Å². The van der Waals surface area contributed by atoms with Crippen LogP contribution in [0.3, 0.4) is 0 Å². The molecule has 2 aliphatic heterocycles. The standard InChI is InChI=1S/C21H25FN4O3/c1-15(27)25-12-8-17(9-13-25)19(28)26-11-5-10-21(22,14-26)20-23-18(24-29-20)16-6-3-2-4-7-16/h2-4,6-7,17H,5,8-14H2,1H3. The summed E-state index contributed by atoms with van der Waals surface area (Å²) < 4.78 is 21.0. The van der Waals surface area contributed by atoms with Crippen molar-refractivity contribution >= 4 is 11.8 Å². The van der Waals surface area contributed by atoms with E-state index in [1.54, 1.807) is 16.7 Å². The van der Waals surface area contributed by atoms with Gasteiger partial charge in [-0.25, -0.2) is 4.39 Å². The molecule has 1 aromatic heterocycles. The molecule has 29 heavy (non-hydrogen) atoms. The maximum Gasteiger partial charge on any atom is 0.266 e. The topological polar surface area (TPSA) is 79.5 Å². The molecular weight excluding hydrogens is 375 g/mol. The summed E-state index contributed by atoms with van der Waals surface area (Å²) in [5.41, 5.74) is -1.08. The number of halogens is 1. The number of hydrogen-bond donors (Lipinski definition) is 0. The summed E-state index contributed by atoms with van der Waals surface area (Å²) in [6, 6.07) is 9.27. The molecule has 0 aliphatic carbocycles. The highest BCUT2D eigenvalue weighted by molar-refractivity contribution is 5.80. The molecule has 2 amide bonds. The first kappa shape index (κ1) is 19.5. The van der Waals surface area contributed by atoms with E-state index in [0.29, 0.717) is 44.7 Å². The highest BCUT2D eigenvalue weighted by Crippen LogP contribution is 2.36. The molecule has 7 nitrogen and oxygen atoms in total. The Bertz CT molecular complexity index is 879. The second-order valence-corrected chi connectivity index (χ2v) is 7.90. The minimum Gasteiger partial charge on any atom is -0.343 e. The summed E-state index contributed by atoms with van der Waals surface area (Å²) in [5.74, 6) is 0.0911. The third-order valence-electron chi connectivity index (χ3n) is 5.89. The lowest BCUT2D eigenvalue weighted by molar-refractivity contribution is -0.144. The highest BCUT2D eigenvalue weighted by atomic mass is 19.1. The van der Waals surface area contributed by atoms with Crippen LogP contribution in [0, 0.1) is 5.92 Å². The van der Waals surface area contributed by atoms with Crippen LogP contribution in [0.15, 0.2) is 34.9 Å². The number of nitrogens with zero attached hydrogens (tertiary/aromatic N) is 4. The molecule has 4 rings (SSSR count). The average molecular weight is 400 g/mol. The lowest BCUT2D eigenvalue weighted by atomic mass is 9.90. The van der Waals surface area contributed by atoms with Crippen LogP contribution >= 0.6 is 0 Å². The van der Waals surface area contributed by atoms with Crippen molar-refractivity contribution < 1.29 is 18.5 Å². The molecule has 154 valence electrons. The van der Waals surface area contributed by atoms with Gasteiger partial charge in [0.25, 0.3) is 5.89 Å². The van der Waals surface area contributed by atoms with Crippen molar-refractivity contribution in [1.29, 1.82) is 0 Å². The van der Waals surface area contributed by atoms with Gasteiger partial charge in [0.05, 0.1) is 6.54 Å². The summed E-state index contributed by atoms with van der Waals surface area (Å²) in [4.78, 5) is 32.1. The number of rotatable bonds is 3. The van der Waals surface area contributed by atoms with E-state index in [4.69, 9.17) is 4.52 Å². The van der Waals surface area contributed by atoms with E-state index in [2.05, 4.69) is 10.1 Å². The zero-order valence-electron chi connectivity index (χ0n) is 16.5. The van der Waals surface area contributed by atoms with E-state index in [0.717, 1.165) is 5.56 Å². The maximum absolute atomic E-state index is 15.7. The SMILES string of the molecule is CC(=O)N1CCC(C(=O)N2CCCC(F)(c3nc(-c4ccccc4)no3)C2)CC1. The zero-order chi connectivity index (χ0) is 20.4. The van der Waals surface area contributed by atoms with Gasteiger partial charge in [-0.3, -0.25) is 9.59 Å². The number of aromatic nitrogens is 2. The fourth-order valence-electron chi connectivity index (χ4n) is 4.18. The zero-order valence-corrected chi connectivity index (χ0v) is 16.5. The van der Waals surface area contributed by atoms with Crippen LogP contribution < -0.4 is 0 Å². The predicted molar refractivity (Wildman–Crippen MR) is 103 cm³/mol. The first-order valence-corrected chi connectivity index (χ1v) is 10.1. The Hall–Kier alpha value is -2.77. The molecule has 0 saturated carbocycles. The second-order valence-electron chi connectivity index (χ2n) is 7.90. The van der Waals surface area contributed by atoms with Crippen LogP contribution in [0.4, 0.5) is 4.39 Å². The first-order valence-electron chi connectivity index (χ1n) is 10.1. The molecule has 2 aromatic rings. The summed E-state index contributed by atoms with van der Waals surface area (Å²) >= 11 is 0. The Morgan fingerprint density at radius 3 is 2.55 bits per heavy atom. The van der Waals surface area contributed by atoms with Gasteiger partial charge >= 0.3 is 0 Å². The van der Waals surface area contributed by atoms with Gasteiger partial charge < -0.3 is 14.3 Å². The number of hydrogen-bond acceptors (Lipinski definition) is 5. The van der Waals surface area contributed by atoms with Crippen molar-refractivity contribution in [2.24, 2.45) is 5.92 Å². The molecule has 2 saturated heterocycles. The minimum atomic E-state index is -1.84. The molecule has 3 heterocycles. The third-order valence-corrected chi connectivity index (χ3v) is 5.89. The molecule has 0 spiro atoms. The molecule has 1 unspecified atom stereocenters. The van der Waals surface area contributed by atoms with E-state index < -0.39 is 5.67 Å². The quantitative estimate of drug-likeness (QED) is 0.792. The summed E-state index contributed by atoms with van der Waals surface area (Å²) in [7, 11) is 0. The van der Waals surface area contributed by atoms with Gasteiger partial charge in [-0.2, -0.15) is 4.98 Å². The van der Waals surface area contributed by atoms with Gasteiger partial charge in [0.15, 0.2) is 0 Å². The fourth-order valence-corrected chi connectivity index (χ4v) is 4.18. The van der Waals surface area contributed by atoms with Crippen molar-refractivity contribution in [2.75, 3.05) is 26.2 Å². The Morgan fingerprint density at radius 1 is 1.14 bits per heavy atom. The summed E-state index contributed by atoms with van der Waals surface area (Å²) in [6.45, 7) is 3.14. The van der Waals surface area contributed by atoms with Gasteiger partial charge in [0.2, 0.25) is 23.3 Å². The highest BCUT2D eigenvalue weighted by Gasteiger charge is 2.45. The fraction of sp³-hybridized carbons (Fsp3) is 0.524. The number of likely N-dealkylation sites (tertiary alicyclic amines) is 2. The molecule has 1 aromatic carbocycles. The molecule has 2 aliphatic rings. The van der Waals surface area contributed by atoms with Crippen molar-refractivity contribution in [3.63, 3.8) is 0 Å². The number of alkyl halides is 1. The van der Waals surface area contributed by atoms with Crippen molar-refractivity contribution in [1.82, 2.24) is 19.9 Å². The molecule has 0 bridgehead atoms. The van der Waals surface area contributed by atoms with Gasteiger partial charge in [-0.1, -0.05) is 35.5 Å². The molecule has 2 fully saturated rings. The molecule has 1 atom stereocenters. The average Bonchev–Trinajstić information content (AvgIpc) is 3.25.